The molecule has 35 heavy (non-hydrogen) atoms. The van der Waals surface area contributed by atoms with Crippen LogP contribution in [-0.4, -0.2) is 9.55 Å². The number of oxazole rings is 1. The van der Waals surface area contributed by atoms with E-state index in [0.29, 0.717) is 0 Å². The molecule has 0 radical (unpaired) electrons. The fourth-order valence-corrected chi connectivity index (χ4v) is 6.44. The average Bonchev–Trinajstić information content (AvgIpc) is 3.55. The molecule has 0 saturated carbocycles. The molecule has 2 heterocycles. The molecule has 1 aliphatic carbocycles. The molecule has 0 unspecified atom stereocenters. The summed E-state index contributed by atoms with van der Waals surface area (Å²) in [5.41, 5.74) is 10.6. The molecule has 0 saturated heterocycles. The van der Waals surface area contributed by atoms with Gasteiger partial charge in [0.05, 0.1) is 16.7 Å². The van der Waals surface area contributed by atoms with E-state index in [9.17, 15) is 0 Å². The van der Waals surface area contributed by atoms with Gasteiger partial charge in [0.1, 0.15) is 5.52 Å². The van der Waals surface area contributed by atoms with E-state index in [1.807, 2.05) is 0 Å². The Hall–Kier alpha value is -4.37. The third-order valence-electron chi connectivity index (χ3n) is 7.90. The van der Waals surface area contributed by atoms with Gasteiger partial charge in [0, 0.05) is 22.3 Å². The second kappa shape index (κ2) is 6.39. The molecule has 0 fully saturated rings. The van der Waals surface area contributed by atoms with E-state index in [0.717, 1.165) is 16.8 Å². The topological polar surface area (TPSA) is 31.0 Å². The van der Waals surface area contributed by atoms with Crippen LogP contribution in [0.2, 0.25) is 0 Å². The van der Waals surface area contributed by atoms with E-state index >= 15 is 0 Å². The minimum atomic E-state index is -0.142. The summed E-state index contributed by atoms with van der Waals surface area (Å²) >= 11 is 0. The minimum Gasteiger partial charge on any atom is -0.443 e. The molecule has 0 spiro atoms. The summed E-state index contributed by atoms with van der Waals surface area (Å²) in [7, 11) is 0. The number of benzene rings is 5. The number of fused-ring (bicyclic) bond motifs is 11. The molecule has 166 valence electrons. The first-order valence-electron chi connectivity index (χ1n) is 12.1. The van der Waals surface area contributed by atoms with E-state index in [1.54, 1.807) is 0 Å². The first kappa shape index (κ1) is 19.0. The zero-order chi connectivity index (χ0) is 23.3. The SMILES string of the molecule is CC1(C)c2ccccc2-c2c1c1c(c3ccccc23)c2ccccc2n1-c1ccc2ncoc2c1. The van der Waals surface area contributed by atoms with Crippen molar-refractivity contribution in [3.63, 3.8) is 0 Å². The Morgan fingerprint density at radius 1 is 0.771 bits per heavy atom. The fourth-order valence-electron chi connectivity index (χ4n) is 6.44. The van der Waals surface area contributed by atoms with Crippen LogP contribution in [0.25, 0.3) is 60.5 Å². The second-order valence-electron chi connectivity index (χ2n) is 10.0. The molecule has 8 rings (SSSR count). The number of rotatable bonds is 1. The van der Waals surface area contributed by atoms with Gasteiger partial charge in [-0.1, -0.05) is 80.6 Å². The summed E-state index contributed by atoms with van der Waals surface area (Å²) < 4.78 is 8.15. The number of hydrogen-bond donors (Lipinski definition) is 0. The van der Waals surface area contributed by atoms with Crippen LogP contribution in [0.15, 0.2) is 102 Å². The molecular formula is C32H22N2O. The van der Waals surface area contributed by atoms with E-state index < -0.39 is 0 Å². The standard InChI is InChI=1S/C32H22N2O/c1-32(2)24-13-7-5-11-22(24)28-20-9-3-4-10-21(20)29-23-12-6-8-14-26(23)34(31(29)30(28)32)19-15-16-25-27(17-19)35-18-33-25/h3-18H,1-2H3. The molecular weight excluding hydrogens is 428 g/mol. The van der Waals surface area contributed by atoms with Gasteiger partial charge >= 0.3 is 0 Å². The van der Waals surface area contributed by atoms with Gasteiger partial charge in [0.25, 0.3) is 0 Å². The van der Waals surface area contributed by atoms with Crippen molar-refractivity contribution in [2.24, 2.45) is 0 Å². The molecule has 1 aliphatic rings. The van der Waals surface area contributed by atoms with E-state index in [4.69, 9.17) is 4.42 Å². The molecule has 0 bridgehead atoms. The lowest BCUT2D eigenvalue weighted by Gasteiger charge is -2.24. The lowest BCUT2D eigenvalue weighted by molar-refractivity contribution is 0.602. The van der Waals surface area contributed by atoms with E-state index in [1.165, 1.54) is 61.2 Å². The third-order valence-corrected chi connectivity index (χ3v) is 7.90. The van der Waals surface area contributed by atoms with Crippen LogP contribution in [0.4, 0.5) is 0 Å². The monoisotopic (exact) mass is 450 g/mol. The Bertz CT molecular complexity index is 1990. The van der Waals surface area contributed by atoms with Gasteiger partial charge in [-0.25, -0.2) is 4.98 Å². The smallest absolute Gasteiger partial charge is 0.181 e. The number of para-hydroxylation sites is 1. The van der Waals surface area contributed by atoms with Gasteiger partial charge in [-0.05, 0) is 51.2 Å². The first-order chi connectivity index (χ1) is 17.1. The number of hydrogen-bond acceptors (Lipinski definition) is 2. The summed E-state index contributed by atoms with van der Waals surface area (Å²) in [5, 5.41) is 5.20. The van der Waals surface area contributed by atoms with Gasteiger partial charge in [-0.15, -0.1) is 0 Å². The highest BCUT2D eigenvalue weighted by atomic mass is 16.3. The first-order valence-corrected chi connectivity index (χ1v) is 12.1. The zero-order valence-electron chi connectivity index (χ0n) is 19.5. The molecule has 0 atom stereocenters. The Kier molecular flexibility index (Phi) is 3.47. The van der Waals surface area contributed by atoms with Crippen molar-refractivity contribution < 1.29 is 4.42 Å². The van der Waals surface area contributed by atoms with Crippen molar-refractivity contribution in [2.45, 2.75) is 19.3 Å². The summed E-state index contributed by atoms with van der Waals surface area (Å²) in [6.07, 6.45) is 1.52. The summed E-state index contributed by atoms with van der Waals surface area (Å²) in [6.45, 7) is 4.74. The Morgan fingerprint density at radius 3 is 2.40 bits per heavy atom. The van der Waals surface area contributed by atoms with Gasteiger partial charge in [0.2, 0.25) is 0 Å². The highest BCUT2D eigenvalue weighted by Crippen LogP contribution is 2.56. The van der Waals surface area contributed by atoms with Crippen LogP contribution in [-0.2, 0) is 5.41 Å². The van der Waals surface area contributed by atoms with Crippen LogP contribution in [0.5, 0.6) is 0 Å². The van der Waals surface area contributed by atoms with Gasteiger partial charge in [0.15, 0.2) is 12.0 Å². The lowest BCUT2D eigenvalue weighted by atomic mass is 9.80. The molecule has 0 amide bonds. The Balaban J connectivity index is 1.68. The predicted molar refractivity (Wildman–Crippen MR) is 143 cm³/mol. The molecule has 0 aliphatic heterocycles. The third kappa shape index (κ3) is 2.28. The lowest BCUT2D eigenvalue weighted by Crippen LogP contribution is -2.16. The molecule has 7 aromatic rings. The maximum Gasteiger partial charge on any atom is 0.181 e. The quantitative estimate of drug-likeness (QED) is 0.251. The Morgan fingerprint density at radius 2 is 1.51 bits per heavy atom. The largest absolute Gasteiger partial charge is 0.443 e. The predicted octanol–water partition coefficient (Wildman–Crippen LogP) is 8.38. The van der Waals surface area contributed by atoms with E-state index in [2.05, 4.69) is 114 Å². The van der Waals surface area contributed by atoms with Crippen LogP contribution >= 0.6 is 0 Å². The van der Waals surface area contributed by atoms with E-state index in [-0.39, 0.29) is 5.41 Å². The molecule has 0 N–H and O–H groups in total. The van der Waals surface area contributed by atoms with Crippen molar-refractivity contribution in [1.29, 1.82) is 0 Å². The van der Waals surface area contributed by atoms with Crippen LogP contribution in [0, 0.1) is 0 Å². The number of nitrogens with zero attached hydrogens (tertiary/aromatic N) is 2. The molecule has 2 aromatic heterocycles. The van der Waals surface area contributed by atoms with Crippen LogP contribution < -0.4 is 0 Å². The number of aromatic nitrogens is 2. The molecule has 3 nitrogen and oxygen atoms in total. The normalized spacial score (nSPS) is 14.2. The minimum absolute atomic E-state index is 0.142. The maximum absolute atomic E-state index is 5.71. The highest BCUT2D eigenvalue weighted by molar-refractivity contribution is 6.26. The fraction of sp³-hybridized carbons (Fsp3) is 0.0938. The highest BCUT2D eigenvalue weighted by Gasteiger charge is 2.40. The molecule has 3 heteroatoms. The van der Waals surface area contributed by atoms with Crippen molar-refractivity contribution in [1.82, 2.24) is 9.55 Å². The summed E-state index contributed by atoms with van der Waals surface area (Å²) in [5.74, 6) is 0. The Labute approximate surface area is 202 Å². The summed E-state index contributed by atoms with van der Waals surface area (Å²) in [6, 6.07) is 32.9. The van der Waals surface area contributed by atoms with Crippen molar-refractivity contribution >= 4 is 43.7 Å². The average molecular weight is 451 g/mol. The van der Waals surface area contributed by atoms with Crippen molar-refractivity contribution in [3.05, 3.63) is 109 Å². The second-order valence-corrected chi connectivity index (χ2v) is 10.0. The van der Waals surface area contributed by atoms with Crippen molar-refractivity contribution in [2.75, 3.05) is 0 Å². The molecule has 5 aromatic carbocycles. The van der Waals surface area contributed by atoms with Crippen molar-refractivity contribution in [3.8, 4) is 16.8 Å². The summed E-state index contributed by atoms with van der Waals surface area (Å²) in [4.78, 5) is 4.34. The maximum atomic E-state index is 5.71. The van der Waals surface area contributed by atoms with Gasteiger partial charge in [-0.3, -0.25) is 0 Å². The van der Waals surface area contributed by atoms with Crippen LogP contribution in [0.3, 0.4) is 0 Å². The zero-order valence-corrected chi connectivity index (χ0v) is 19.5. The van der Waals surface area contributed by atoms with Crippen LogP contribution in [0.1, 0.15) is 25.0 Å². The van der Waals surface area contributed by atoms with Gasteiger partial charge in [-0.2, -0.15) is 0 Å². The van der Waals surface area contributed by atoms with Gasteiger partial charge < -0.3 is 8.98 Å².